The third kappa shape index (κ3) is 1.73. The average Bonchev–Trinajstić information content (AvgIpc) is 2.34. The van der Waals surface area contributed by atoms with Gasteiger partial charge in [0, 0.05) is 14.2 Å². The van der Waals surface area contributed by atoms with E-state index in [1.807, 2.05) is 0 Å². The molecular weight excluding hydrogens is 180 g/mol. The zero-order valence-electron chi connectivity index (χ0n) is 7.30. The predicted molar refractivity (Wildman–Crippen MR) is 40.2 cm³/mol. The van der Waals surface area contributed by atoms with Crippen LogP contribution in [0.25, 0.3) is 0 Å². The highest BCUT2D eigenvalue weighted by molar-refractivity contribution is 5.77. The Kier molecular flexibility index (Phi) is 3.04. The summed E-state index contributed by atoms with van der Waals surface area (Å²) in [5.41, 5.74) is 0. The minimum Gasteiger partial charge on any atom is -0.369 e. The summed E-state index contributed by atoms with van der Waals surface area (Å²) < 4.78 is 9.49. The summed E-state index contributed by atoms with van der Waals surface area (Å²) in [4.78, 5) is 11.9. The number of hydrogen-bond donors (Lipinski definition) is 3. The molecule has 13 heavy (non-hydrogen) atoms. The first-order valence-corrected chi connectivity index (χ1v) is 3.62. The molecule has 2 unspecified atom stereocenters. The quantitative estimate of drug-likeness (QED) is 0.460. The van der Waals surface area contributed by atoms with Crippen molar-refractivity contribution in [2.45, 2.75) is 18.9 Å². The molecule has 1 fully saturated rings. The van der Waals surface area contributed by atoms with Gasteiger partial charge in [0.15, 0.2) is 12.5 Å². The van der Waals surface area contributed by atoms with E-state index >= 15 is 0 Å². The van der Waals surface area contributed by atoms with Crippen LogP contribution in [-0.4, -0.2) is 54.2 Å². The molecule has 76 valence electrons. The Balaban J connectivity index is 2.72. The first-order chi connectivity index (χ1) is 6.11. The van der Waals surface area contributed by atoms with Gasteiger partial charge in [0.05, 0.1) is 0 Å². The molecule has 0 aromatic carbocycles. The van der Waals surface area contributed by atoms with E-state index in [1.54, 1.807) is 0 Å². The number of hydrogen-bond acceptors (Lipinski definition) is 5. The standard InChI is InChI=1S/C6H12N2O5/c1-12-6(13-2)8-4(10)3(9)7-5(8)11/h3-4,6,9-10H,1-2H3,(H,7,11). The summed E-state index contributed by atoms with van der Waals surface area (Å²) >= 11 is 0. The molecule has 2 atom stereocenters. The van der Waals surface area contributed by atoms with Crippen molar-refractivity contribution in [3.05, 3.63) is 0 Å². The third-order valence-electron chi connectivity index (χ3n) is 1.70. The lowest BCUT2D eigenvalue weighted by Crippen LogP contribution is -2.45. The van der Waals surface area contributed by atoms with Crippen LogP contribution in [0.5, 0.6) is 0 Å². The fraction of sp³-hybridized carbons (Fsp3) is 0.833. The summed E-state index contributed by atoms with van der Waals surface area (Å²) in [5, 5.41) is 20.4. The fourth-order valence-electron chi connectivity index (χ4n) is 1.09. The number of ether oxygens (including phenoxy) is 2. The van der Waals surface area contributed by atoms with E-state index in [4.69, 9.17) is 14.6 Å². The molecule has 1 rings (SSSR count). The van der Waals surface area contributed by atoms with Crippen LogP contribution in [0.2, 0.25) is 0 Å². The Hall–Kier alpha value is -0.890. The van der Waals surface area contributed by atoms with Crippen molar-refractivity contribution in [1.29, 1.82) is 0 Å². The van der Waals surface area contributed by atoms with Crippen LogP contribution in [-0.2, 0) is 9.47 Å². The summed E-state index contributed by atoms with van der Waals surface area (Å²) in [7, 11) is 2.64. The van der Waals surface area contributed by atoms with Crippen LogP contribution in [0.1, 0.15) is 0 Å². The summed E-state index contributed by atoms with van der Waals surface area (Å²) in [5.74, 6) is 0. The molecule has 1 heterocycles. The summed E-state index contributed by atoms with van der Waals surface area (Å²) in [6, 6.07) is -0.645. The molecule has 7 nitrogen and oxygen atoms in total. The molecule has 1 saturated heterocycles. The molecule has 0 saturated carbocycles. The highest BCUT2D eigenvalue weighted by atomic mass is 16.7. The van der Waals surface area contributed by atoms with Gasteiger partial charge in [-0.05, 0) is 0 Å². The summed E-state index contributed by atoms with van der Waals surface area (Å²) in [6.07, 6.45) is -3.69. The second-order valence-electron chi connectivity index (χ2n) is 2.49. The molecule has 1 aliphatic rings. The maximum absolute atomic E-state index is 11.1. The average molecular weight is 192 g/mol. The van der Waals surface area contributed by atoms with Gasteiger partial charge in [-0.3, -0.25) is 0 Å². The van der Waals surface area contributed by atoms with Gasteiger partial charge in [-0.25, -0.2) is 9.69 Å². The molecule has 0 aromatic rings. The number of carbonyl (C=O) groups excluding carboxylic acids is 1. The van der Waals surface area contributed by atoms with E-state index in [0.29, 0.717) is 0 Å². The van der Waals surface area contributed by atoms with E-state index in [9.17, 15) is 9.90 Å². The highest BCUT2D eigenvalue weighted by Crippen LogP contribution is 2.14. The van der Waals surface area contributed by atoms with Gasteiger partial charge in [0.25, 0.3) is 0 Å². The van der Waals surface area contributed by atoms with Gasteiger partial charge in [-0.2, -0.15) is 0 Å². The third-order valence-corrected chi connectivity index (χ3v) is 1.70. The number of nitrogens with one attached hydrogen (secondary N) is 1. The number of nitrogens with zero attached hydrogens (tertiary/aromatic N) is 1. The highest BCUT2D eigenvalue weighted by Gasteiger charge is 2.41. The van der Waals surface area contributed by atoms with E-state index in [2.05, 4.69) is 5.32 Å². The Labute approximate surface area is 74.8 Å². The van der Waals surface area contributed by atoms with Crippen LogP contribution < -0.4 is 5.32 Å². The van der Waals surface area contributed by atoms with Crippen LogP contribution in [0.3, 0.4) is 0 Å². The Morgan fingerprint density at radius 2 is 2.00 bits per heavy atom. The molecule has 7 heteroatoms. The number of urea groups is 1. The Morgan fingerprint density at radius 1 is 1.46 bits per heavy atom. The van der Waals surface area contributed by atoms with Gasteiger partial charge >= 0.3 is 6.03 Å². The topological polar surface area (TPSA) is 91.3 Å². The largest absolute Gasteiger partial charge is 0.369 e. The Morgan fingerprint density at radius 3 is 2.31 bits per heavy atom. The SMILES string of the molecule is COC(OC)N1C(=O)NC(O)C1O. The van der Waals surface area contributed by atoms with Crippen molar-refractivity contribution < 1.29 is 24.5 Å². The molecule has 0 spiro atoms. The number of amides is 2. The van der Waals surface area contributed by atoms with Gasteiger partial charge in [0.1, 0.15) is 0 Å². The number of rotatable bonds is 3. The lowest BCUT2D eigenvalue weighted by molar-refractivity contribution is -0.215. The van der Waals surface area contributed by atoms with E-state index < -0.39 is 24.9 Å². The molecule has 0 bridgehead atoms. The second kappa shape index (κ2) is 3.88. The van der Waals surface area contributed by atoms with Gasteiger partial charge in [-0.1, -0.05) is 0 Å². The maximum Gasteiger partial charge on any atom is 0.325 e. The van der Waals surface area contributed by atoms with E-state index in [1.165, 1.54) is 14.2 Å². The number of aliphatic hydroxyl groups excluding tert-OH is 2. The van der Waals surface area contributed by atoms with Crippen LogP contribution in [0.15, 0.2) is 0 Å². The maximum atomic E-state index is 11.1. The number of aliphatic hydroxyl groups is 2. The molecule has 0 aromatic heterocycles. The van der Waals surface area contributed by atoms with Crippen molar-refractivity contribution in [2.24, 2.45) is 0 Å². The normalized spacial score (nSPS) is 28.4. The molecule has 0 radical (unpaired) electrons. The fourth-order valence-corrected chi connectivity index (χ4v) is 1.09. The molecule has 0 aliphatic carbocycles. The van der Waals surface area contributed by atoms with Crippen LogP contribution in [0.4, 0.5) is 4.79 Å². The Bertz CT molecular complexity index is 195. The van der Waals surface area contributed by atoms with E-state index in [0.717, 1.165) is 4.90 Å². The minimum atomic E-state index is -1.36. The van der Waals surface area contributed by atoms with Crippen LogP contribution >= 0.6 is 0 Å². The molecule has 1 aliphatic heterocycles. The van der Waals surface area contributed by atoms with Crippen LogP contribution in [0, 0.1) is 0 Å². The predicted octanol–water partition coefficient (Wildman–Crippen LogP) is -1.78. The second-order valence-corrected chi connectivity index (χ2v) is 2.49. The van der Waals surface area contributed by atoms with E-state index in [-0.39, 0.29) is 0 Å². The molecule has 3 N–H and O–H groups in total. The lowest BCUT2D eigenvalue weighted by Gasteiger charge is -2.26. The monoisotopic (exact) mass is 192 g/mol. The zero-order chi connectivity index (χ0) is 10.0. The molecular formula is C6H12N2O5. The van der Waals surface area contributed by atoms with Gasteiger partial charge in [-0.15, -0.1) is 0 Å². The van der Waals surface area contributed by atoms with Crippen molar-refractivity contribution in [3.63, 3.8) is 0 Å². The van der Waals surface area contributed by atoms with Crippen molar-refractivity contribution in [2.75, 3.05) is 14.2 Å². The molecule has 2 amide bonds. The van der Waals surface area contributed by atoms with Crippen molar-refractivity contribution in [1.82, 2.24) is 10.2 Å². The zero-order valence-corrected chi connectivity index (χ0v) is 7.30. The van der Waals surface area contributed by atoms with Crippen molar-refractivity contribution in [3.8, 4) is 0 Å². The first kappa shape index (κ1) is 10.2. The number of carbonyl (C=O) groups is 1. The minimum absolute atomic E-state index is 0.645. The van der Waals surface area contributed by atoms with Gasteiger partial charge < -0.3 is 25.0 Å². The van der Waals surface area contributed by atoms with Crippen molar-refractivity contribution >= 4 is 6.03 Å². The lowest BCUT2D eigenvalue weighted by atomic mass is 10.5. The first-order valence-electron chi connectivity index (χ1n) is 3.62. The summed E-state index contributed by atoms with van der Waals surface area (Å²) in [6.45, 7) is 0. The smallest absolute Gasteiger partial charge is 0.325 e. The number of methoxy groups -OCH3 is 2. The van der Waals surface area contributed by atoms with Gasteiger partial charge in [0.2, 0.25) is 6.41 Å².